The monoisotopic (exact) mass is 317 g/mol. The molecule has 0 aliphatic heterocycles. The van der Waals surface area contributed by atoms with Crippen molar-refractivity contribution in [3.8, 4) is 11.5 Å². The molecule has 2 nitrogen and oxygen atoms in total. The Balaban J connectivity index is 2.27. The van der Waals surface area contributed by atoms with Crippen molar-refractivity contribution in [2.45, 2.75) is 6.61 Å². The Hall–Kier alpha value is -2.25. The molecule has 0 aromatic heterocycles. The van der Waals surface area contributed by atoms with E-state index in [1.165, 1.54) is 25.3 Å². The molecular weight excluding hydrogens is 306 g/mol. The molecule has 0 aliphatic carbocycles. The quantitative estimate of drug-likeness (QED) is 0.620. The number of methoxy groups -OCH3 is 1. The number of rotatable bonds is 5. The Morgan fingerprint density at radius 2 is 1.73 bits per heavy atom. The highest BCUT2D eigenvalue weighted by Gasteiger charge is 2.29. The Kier molecular flexibility index (Phi) is 4.58. The van der Waals surface area contributed by atoms with Gasteiger partial charge in [0, 0.05) is 11.6 Å². The zero-order valence-corrected chi connectivity index (χ0v) is 11.5. The van der Waals surface area contributed by atoms with Gasteiger partial charge in [-0.3, -0.25) is 0 Å². The maximum atomic E-state index is 13.9. The summed E-state index contributed by atoms with van der Waals surface area (Å²) in [5.74, 6) is -2.33. The van der Waals surface area contributed by atoms with E-state index < -0.39 is 36.4 Å². The lowest BCUT2D eigenvalue weighted by atomic mass is 9.79. The summed E-state index contributed by atoms with van der Waals surface area (Å²) in [6.45, 7) is -5.85. The van der Waals surface area contributed by atoms with Crippen molar-refractivity contribution in [2.24, 2.45) is 0 Å². The van der Waals surface area contributed by atoms with Gasteiger partial charge in [-0.15, -0.1) is 0 Å². The summed E-state index contributed by atoms with van der Waals surface area (Å²) in [5, 5.41) is 0. The molecule has 2 aromatic rings. The maximum Gasteiger partial charge on any atom is 0.513 e. The van der Waals surface area contributed by atoms with Gasteiger partial charge < -0.3 is 22.4 Å². The van der Waals surface area contributed by atoms with Gasteiger partial charge in [0.15, 0.2) is 11.6 Å². The van der Waals surface area contributed by atoms with E-state index >= 15 is 0 Å². The van der Waals surface area contributed by atoms with Crippen LogP contribution < -0.4 is 14.9 Å². The molecule has 0 fully saturated rings. The summed E-state index contributed by atoms with van der Waals surface area (Å²) in [4.78, 5) is 0. The van der Waals surface area contributed by atoms with Crippen LogP contribution in [0.5, 0.6) is 11.5 Å². The van der Waals surface area contributed by atoms with Crippen molar-refractivity contribution in [1.29, 1.82) is 0 Å². The Morgan fingerprint density at radius 3 is 2.36 bits per heavy atom. The minimum Gasteiger partial charge on any atom is -0.494 e. The van der Waals surface area contributed by atoms with Crippen LogP contribution in [0.1, 0.15) is 5.56 Å². The van der Waals surface area contributed by atoms with Gasteiger partial charge in [0.1, 0.15) is 12.4 Å². The van der Waals surface area contributed by atoms with E-state index in [9.17, 15) is 21.7 Å². The fourth-order valence-corrected chi connectivity index (χ4v) is 1.88. The molecule has 118 valence electrons. The molecule has 0 spiro atoms. The lowest BCUT2D eigenvalue weighted by Crippen LogP contribution is -2.35. The number of ether oxygens (including phenoxy) is 2. The van der Waals surface area contributed by atoms with Crippen LogP contribution >= 0.6 is 0 Å². The molecule has 2 rings (SSSR count). The molecule has 0 saturated heterocycles. The molecule has 8 heteroatoms. The average Bonchev–Trinajstić information content (AvgIpc) is 2.45. The van der Waals surface area contributed by atoms with Crippen molar-refractivity contribution in [2.75, 3.05) is 7.11 Å². The van der Waals surface area contributed by atoms with Gasteiger partial charge in [-0.2, -0.15) is 0 Å². The standard InChI is InChI=1S/C14H11BF5O2/c1-21-12-4-2-3-9(14(12)17)8-22-13-7-10(16)5-6-11(13)15(18,19)20/h2-7H,8H2,1H3/q-1. The number of benzene rings is 2. The topological polar surface area (TPSA) is 18.5 Å². The van der Waals surface area contributed by atoms with Crippen LogP contribution in [0, 0.1) is 11.6 Å². The summed E-state index contributed by atoms with van der Waals surface area (Å²) >= 11 is 0. The molecule has 0 heterocycles. The highest BCUT2D eigenvalue weighted by Crippen LogP contribution is 2.23. The van der Waals surface area contributed by atoms with Gasteiger partial charge in [-0.25, -0.2) is 8.78 Å². The van der Waals surface area contributed by atoms with Crippen molar-refractivity contribution >= 4 is 12.4 Å². The minimum absolute atomic E-state index is 0.00392. The van der Waals surface area contributed by atoms with Gasteiger partial charge in [0.2, 0.25) is 0 Å². The summed E-state index contributed by atoms with van der Waals surface area (Å²) < 4.78 is 75.4. The smallest absolute Gasteiger partial charge is 0.494 e. The van der Waals surface area contributed by atoms with Gasteiger partial charge in [0.05, 0.1) is 12.9 Å². The largest absolute Gasteiger partial charge is 0.513 e. The van der Waals surface area contributed by atoms with Crippen LogP contribution in [0.15, 0.2) is 36.4 Å². The summed E-state index contributed by atoms with van der Waals surface area (Å²) in [6.07, 6.45) is 0. The second-order valence-electron chi connectivity index (χ2n) is 4.48. The van der Waals surface area contributed by atoms with Crippen molar-refractivity contribution in [3.63, 3.8) is 0 Å². The van der Waals surface area contributed by atoms with Crippen LogP contribution in [0.4, 0.5) is 21.7 Å². The van der Waals surface area contributed by atoms with E-state index in [0.29, 0.717) is 18.2 Å². The summed E-state index contributed by atoms with van der Waals surface area (Å²) in [6, 6.07) is 6.11. The third-order valence-corrected chi connectivity index (χ3v) is 2.97. The molecule has 0 bridgehead atoms. The zero-order valence-electron chi connectivity index (χ0n) is 11.5. The predicted molar refractivity (Wildman–Crippen MR) is 72.4 cm³/mol. The van der Waals surface area contributed by atoms with Gasteiger partial charge in [-0.05, 0) is 12.1 Å². The van der Waals surface area contributed by atoms with Crippen LogP contribution in [0.2, 0.25) is 0 Å². The highest BCUT2D eigenvalue weighted by atomic mass is 19.4. The van der Waals surface area contributed by atoms with E-state index in [2.05, 4.69) is 0 Å². The Morgan fingerprint density at radius 1 is 1.00 bits per heavy atom. The lowest BCUT2D eigenvalue weighted by Gasteiger charge is -2.20. The fraction of sp³-hybridized carbons (Fsp3) is 0.143. The molecular formula is C14H11BF5O2-. The third kappa shape index (κ3) is 3.50. The molecule has 0 atom stereocenters. The predicted octanol–water partition coefficient (Wildman–Crippen LogP) is 3.61. The fourth-order valence-electron chi connectivity index (χ4n) is 1.88. The van der Waals surface area contributed by atoms with E-state index in [4.69, 9.17) is 9.47 Å². The second-order valence-corrected chi connectivity index (χ2v) is 4.48. The number of halogens is 5. The molecule has 0 N–H and O–H groups in total. The maximum absolute atomic E-state index is 13.9. The van der Waals surface area contributed by atoms with Crippen molar-refractivity contribution in [1.82, 2.24) is 0 Å². The summed E-state index contributed by atoms with van der Waals surface area (Å²) in [7, 11) is 1.26. The first-order valence-electron chi connectivity index (χ1n) is 6.26. The molecule has 0 radical (unpaired) electrons. The Bertz CT molecular complexity index is 673. The third-order valence-electron chi connectivity index (χ3n) is 2.97. The van der Waals surface area contributed by atoms with Crippen LogP contribution in [-0.4, -0.2) is 14.1 Å². The van der Waals surface area contributed by atoms with Crippen LogP contribution in [0.3, 0.4) is 0 Å². The molecule has 0 saturated carbocycles. The number of hydrogen-bond donors (Lipinski definition) is 0. The Labute approximate surface area is 123 Å². The molecule has 2 aromatic carbocycles. The van der Waals surface area contributed by atoms with Gasteiger partial charge in [-0.1, -0.05) is 23.7 Å². The zero-order chi connectivity index (χ0) is 16.3. The molecule has 0 amide bonds. The van der Waals surface area contributed by atoms with E-state index in [1.807, 2.05) is 0 Å². The summed E-state index contributed by atoms with van der Waals surface area (Å²) in [5.41, 5.74) is -1.06. The first-order valence-corrected chi connectivity index (χ1v) is 6.26. The molecule has 22 heavy (non-hydrogen) atoms. The lowest BCUT2D eigenvalue weighted by molar-refractivity contribution is 0.295. The van der Waals surface area contributed by atoms with Crippen LogP contribution in [0.25, 0.3) is 0 Å². The average molecular weight is 317 g/mol. The van der Waals surface area contributed by atoms with E-state index in [-0.39, 0.29) is 11.3 Å². The first-order chi connectivity index (χ1) is 10.3. The highest BCUT2D eigenvalue weighted by molar-refractivity contribution is 6.74. The first kappa shape index (κ1) is 16.1. The number of hydrogen-bond acceptors (Lipinski definition) is 2. The van der Waals surface area contributed by atoms with E-state index in [1.54, 1.807) is 0 Å². The van der Waals surface area contributed by atoms with Gasteiger partial charge >= 0.3 is 6.98 Å². The van der Waals surface area contributed by atoms with Gasteiger partial charge in [0.25, 0.3) is 0 Å². The second kappa shape index (κ2) is 6.25. The molecule has 0 unspecified atom stereocenters. The molecule has 0 aliphatic rings. The van der Waals surface area contributed by atoms with Crippen molar-refractivity contribution < 1.29 is 31.2 Å². The SMILES string of the molecule is COc1cccc(COc2cc(F)ccc2[B-](F)(F)F)c1F. The van der Waals surface area contributed by atoms with Crippen molar-refractivity contribution in [3.05, 3.63) is 53.6 Å². The normalized spacial score (nSPS) is 11.4. The van der Waals surface area contributed by atoms with Crippen LogP contribution in [-0.2, 0) is 6.61 Å². The minimum atomic E-state index is -5.37. The van der Waals surface area contributed by atoms with E-state index in [0.717, 1.165) is 0 Å².